The van der Waals surface area contributed by atoms with Crippen LogP contribution in [0.25, 0.3) is 0 Å². The number of hydrogen-bond donors (Lipinski definition) is 2. The largest absolute Gasteiger partial charge is 0.369 e. The lowest BCUT2D eigenvalue weighted by atomic mass is 9.84. The summed E-state index contributed by atoms with van der Waals surface area (Å²) in [5.41, 5.74) is 7.30. The molecule has 1 aromatic rings. The number of carbonyl (C=O) groups excluding carboxylic acids is 2. The lowest BCUT2D eigenvalue weighted by molar-refractivity contribution is -0.118. The van der Waals surface area contributed by atoms with E-state index < -0.39 is 5.91 Å². The molecule has 0 radical (unpaired) electrons. The number of carbonyl (C=O) groups is 2. The lowest BCUT2D eigenvalue weighted by Crippen LogP contribution is -2.37. The summed E-state index contributed by atoms with van der Waals surface area (Å²) < 4.78 is 0. The van der Waals surface area contributed by atoms with Crippen LogP contribution in [0.15, 0.2) is 24.3 Å². The summed E-state index contributed by atoms with van der Waals surface area (Å²) in [6.07, 6.45) is 0. The quantitative estimate of drug-likeness (QED) is 0.802. The van der Waals surface area contributed by atoms with Gasteiger partial charge in [0, 0.05) is 12.0 Å². The van der Waals surface area contributed by atoms with Crippen LogP contribution in [-0.2, 0) is 15.0 Å². The number of nitrogens with two attached hydrogens (primary N) is 1. The van der Waals surface area contributed by atoms with Crippen LogP contribution < -0.4 is 11.1 Å². The van der Waals surface area contributed by atoms with Gasteiger partial charge in [0.1, 0.15) is 0 Å². The highest BCUT2D eigenvalue weighted by atomic mass is 32.2. The number of thioether (sulfide) groups is 1. The van der Waals surface area contributed by atoms with Crippen LogP contribution in [0.2, 0.25) is 0 Å². The zero-order valence-corrected chi connectivity index (χ0v) is 13.0. The van der Waals surface area contributed by atoms with Gasteiger partial charge in [-0.05, 0) is 12.5 Å². The minimum atomic E-state index is -0.400. The Morgan fingerprint density at radius 2 is 2.00 bits per heavy atom. The first-order valence-electron chi connectivity index (χ1n) is 6.51. The molecule has 0 saturated heterocycles. The Labute approximate surface area is 124 Å². The van der Waals surface area contributed by atoms with Crippen molar-refractivity contribution in [3.63, 3.8) is 0 Å². The molecule has 2 amide bonds. The van der Waals surface area contributed by atoms with Crippen molar-refractivity contribution in [2.45, 2.75) is 26.2 Å². The summed E-state index contributed by atoms with van der Waals surface area (Å²) in [5.74, 6) is -0.0403. The molecule has 0 aromatic heterocycles. The highest BCUT2D eigenvalue weighted by Gasteiger charge is 2.21. The molecule has 0 spiro atoms. The van der Waals surface area contributed by atoms with Gasteiger partial charge in [0.15, 0.2) is 0 Å². The average Bonchev–Trinajstić information content (AvgIpc) is 2.36. The smallest absolute Gasteiger partial charge is 0.230 e. The van der Waals surface area contributed by atoms with E-state index in [4.69, 9.17) is 5.73 Å². The molecule has 3 N–H and O–H groups in total. The Balaban J connectivity index is 2.47. The number of aryl methyl sites for hydroxylation is 1. The Hall–Kier alpha value is -1.49. The maximum Gasteiger partial charge on any atom is 0.230 e. The molecular weight excluding hydrogens is 272 g/mol. The highest BCUT2D eigenvalue weighted by Crippen LogP contribution is 2.23. The first kappa shape index (κ1) is 16.6. The molecule has 0 fully saturated rings. The van der Waals surface area contributed by atoms with E-state index in [2.05, 4.69) is 44.3 Å². The van der Waals surface area contributed by atoms with E-state index in [1.165, 1.54) is 22.9 Å². The van der Waals surface area contributed by atoms with Crippen LogP contribution in [-0.4, -0.2) is 29.9 Å². The zero-order valence-electron chi connectivity index (χ0n) is 12.2. The molecule has 0 saturated carbocycles. The fourth-order valence-electron chi connectivity index (χ4n) is 1.78. The summed E-state index contributed by atoms with van der Waals surface area (Å²) in [6.45, 7) is 6.81. The summed E-state index contributed by atoms with van der Waals surface area (Å²) >= 11 is 1.23. The summed E-state index contributed by atoms with van der Waals surface area (Å²) in [5, 5.41) is 2.90. The SMILES string of the molecule is Cc1cccc(C(C)(C)CNC(=O)CSCC(N)=O)c1. The van der Waals surface area contributed by atoms with E-state index in [0.717, 1.165) is 0 Å². The zero-order chi connectivity index (χ0) is 15.2. The van der Waals surface area contributed by atoms with Gasteiger partial charge in [0.05, 0.1) is 11.5 Å². The molecular formula is C15H22N2O2S. The Bertz CT molecular complexity index is 487. The number of nitrogens with one attached hydrogen (secondary N) is 1. The van der Waals surface area contributed by atoms with Crippen molar-refractivity contribution in [3.05, 3.63) is 35.4 Å². The van der Waals surface area contributed by atoms with Crippen LogP contribution in [0.4, 0.5) is 0 Å². The third-order valence-corrected chi connectivity index (χ3v) is 3.96. The van der Waals surface area contributed by atoms with Crippen molar-refractivity contribution in [3.8, 4) is 0 Å². The predicted octanol–water partition coefficient (Wildman–Crippen LogP) is 1.61. The van der Waals surface area contributed by atoms with Crippen LogP contribution >= 0.6 is 11.8 Å². The number of amides is 2. The molecule has 110 valence electrons. The van der Waals surface area contributed by atoms with E-state index in [9.17, 15) is 9.59 Å². The molecule has 20 heavy (non-hydrogen) atoms. The number of benzene rings is 1. The molecule has 0 unspecified atom stereocenters. The normalized spacial score (nSPS) is 11.2. The van der Waals surface area contributed by atoms with Gasteiger partial charge in [-0.3, -0.25) is 9.59 Å². The standard InChI is InChI=1S/C15H22N2O2S/c1-11-5-4-6-12(7-11)15(2,3)10-17-14(19)9-20-8-13(16)18/h4-7H,8-10H2,1-3H3,(H2,16,18)(H,17,19). The fourth-order valence-corrected chi connectivity index (χ4v) is 2.37. The summed E-state index contributed by atoms with van der Waals surface area (Å²) in [4.78, 5) is 22.3. The second-order valence-electron chi connectivity index (χ2n) is 5.49. The van der Waals surface area contributed by atoms with Crippen LogP contribution in [0.5, 0.6) is 0 Å². The fraction of sp³-hybridized carbons (Fsp3) is 0.467. The summed E-state index contributed by atoms with van der Waals surface area (Å²) in [7, 11) is 0. The van der Waals surface area contributed by atoms with Crippen molar-refractivity contribution in [2.24, 2.45) is 5.73 Å². The van der Waals surface area contributed by atoms with Gasteiger partial charge >= 0.3 is 0 Å². The van der Waals surface area contributed by atoms with Crippen LogP contribution in [0, 0.1) is 6.92 Å². The van der Waals surface area contributed by atoms with Crippen molar-refractivity contribution >= 4 is 23.6 Å². The first-order valence-corrected chi connectivity index (χ1v) is 7.66. The second-order valence-corrected chi connectivity index (χ2v) is 6.47. The third kappa shape index (κ3) is 5.65. The van der Waals surface area contributed by atoms with Crippen molar-refractivity contribution in [1.82, 2.24) is 5.32 Å². The van der Waals surface area contributed by atoms with Gasteiger partial charge in [0.2, 0.25) is 11.8 Å². The maximum atomic E-state index is 11.7. The molecule has 0 bridgehead atoms. The Kier molecular flexibility index (Phi) is 6.07. The molecule has 1 rings (SSSR count). The summed E-state index contributed by atoms with van der Waals surface area (Å²) in [6, 6.07) is 8.28. The Morgan fingerprint density at radius 3 is 2.60 bits per heavy atom. The van der Waals surface area contributed by atoms with Crippen molar-refractivity contribution in [2.75, 3.05) is 18.1 Å². The van der Waals surface area contributed by atoms with Crippen molar-refractivity contribution in [1.29, 1.82) is 0 Å². The van der Waals surface area contributed by atoms with Crippen molar-refractivity contribution < 1.29 is 9.59 Å². The number of rotatable bonds is 7. The van der Waals surface area contributed by atoms with Crippen LogP contribution in [0.1, 0.15) is 25.0 Å². The number of primary amides is 1. The van der Waals surface area contributed by atoms with E-state index in [1.807, 2.05) is 6.07 Å². The monoisotopic (exact) mass is 294 g/mol. The molecule has 0 heterocycles. The lowest BCUT2D eigenvalue weighted by Gasteiger charge is -2.26. The third-order valence-electron chi connectivity index (χ3n) is 3.00. The average molecular weight is 294 g/mol. The molecule has 0 atom stereocenters. The number of hydrogen-bond acceptors (Lipinski definition) is 3. The van der Waals surface area contributed by atoms with E-state index in [1.54, 1.807) is 0 Å². The van der Waals surface area contributed by atoms with Gasteiger partial charge in [0.25, 0.3) is 0 Å². The maximum absolute atomic E-state index is 11.7. The molecule has 1 aromatic carbocycles. The minimum Gasteiger partial charge on any atom is -0.369 e. The minimum absolute atomic E-state index is 0.0722. The van der Waals surface area contributed by atoms with Gasteiger partial charge in [-0.1, -0.05) is 43.7 Å². The second kappa shape index (κ2) is 7.33. The molecule has 0 aliphatic carbocycles. The Morgan fingerprint density at radius 1 is 1.30 bits per heavy atom. The molecule has 0 aliphatic rings. The first-order chi connectivity index (χ1) is 9.31. The van der Waals surface area contributed by atoms with Gasteiger partial charge in [-0.25, -0.2) is 0 Å². The molecule has 4 nitrogen and oxygen atoms in total. The van der Waals surface area contributed by atoms with Gasteiger partial charge < -0.3 is 11.1 Å². The van der Waals surface area contributed by atoms with Gasteiger partial charge in [-0.2, -0.15) is 0 Å². The van der Waals surface area contributed by atoms with Gasteiger partial charge in [-0.15, -0.1) is 11.8 Å². The predicted molar refractivity (Wildman–Crippen MR) is 83.7 cm³/mol. The molecule has 5 heteroatoms. The van der Waals surface area contributed by atoms with E-state index >= 15 is 0 Å². The topological polar surface area (TPSA) is 72.2 Å². The molecule has 0 aliphatic heterocycles. The van der Waals surface area contributed by atoms with E-state index in [-0.39, 0.29) is 22.8 Å². The van der Waals surface area contributed by atoms with E-state index in [0.29, 0.717) is 6.54 Å². The highest BCUT2D eigenvalue weighted by molar-refractivity contribution is 8.00. The van der Waals surface area contributed by atoms with Crippen LogP contribution in [0.3, 0.4) is 0 Å².